The maximum atomic E-state index is 10.3. The van der Waals surface area contributed by atoms with Crippen LogP contribution in [0.4, 0.5) is 0 Å². The van der Waals surface area contributed by atoms with Gasteiger partial charge in [-0.1, -0.05) is 30.3 Å². The van der Waals surface area contributed by atoms with Crippen LogP contribution in [0.2, 0.25) is 0 Å². The summed E-state index contributed by atoms with van der Waals surface area (Å²) in [5.41, 5.74) is 2.70. The fourth-order valence-electron chi connectivity index (χ4n) is 3.54. The molecule has 1 heterocycles. The molecule has 21 heavy (non-hydrogen) atoms. The summed E-state index contributed by atoms with van der Waals surface area (Å²) in [5.74, 6) is 1.01. The van der Waals surface area contributed by atoms with E-state index in [4.69, 9.17) is 0 Å². The van der Waals surface area contributed by atoms with E-state index in [2.05, 4.69) is 41.6 Å². The van der Waals surface area contributed by atoms with Gasteiger partial charge in [0, 0.05) is 13.2 Å². The predicted octanol–water partition coefficient (Wildman–Crippen LogP) is 3.30. The van der Waals surface area contributed by atoms with E-state index in [9.17, 15) is 5.11 Å². The monoisotopic (exact) mass is 284 g/mol. The van der Waals surface area contributed by atoms with Gasteiger partial charge in [0.1, 0.15) is 0 Å². The number of aliphatic hydroxyl groups excluding tert-OH is 1. The number of hydrogen-bond acceptors (Lipinski definition) is 2. The molecule has 112 valence electrons. The Morgan fingerprint density at radius 3 is 2.76 bits per heavy atom. The van der Waals surface area contributed by atoms with Crippen LogP contribution in [0.5, 0.6) is 0 Å². The van der Waals surface area contributed by atoms with E-state index in [0.29, 0.717) is 11.8 Å². The molecule has 1 aliphatic rings. The lowest BCUT2D eigenvalue weighted by Crippen LogP contribution is -2.28. The summed E-state index contributed by atoms with van der Waals surface area (Å²) in [6.45, 7) is 0. The van der Waals surface area contributed by atoms with Crippen LogP contribution >= 0.6 is 0 Å². The molecular weight excluding hydrogens is 260 g/mol. The van der Waals surface area contributed by atoms with Crippen molar-refractivity contribution in [3.05, 3.63) is 53.9 Å². The molecule has 0 saturated heterocycles. The molecule has 1 saturated carbocycles. The largest absolute Gasteiger partial charge is 0.393 e. The normalized spacial score (nSPS) is 25.9. The Kier molecular flexibility index (Phi) is 4.39. The van der Waals surface area contributed by atoms with Gasteiger partial charge in [-0.25, -0.2) is 0 Å². The summed E-state index contributed by atoms with van der Waals surface area (Å²) in [6, 6.07) is 10.7. The lowest BCUT2D eigenvalue weighted by molar-refractivity contribution is 0.0575. The molecule has 0 radical (unpaired) electrons. The molecule has 3 unspecified atom stereocenters. The molecule has 0 aliphatic heterocycles. The quantitative estimate of drug-likeness (QED) is 0.935. The summed E-state index contributed by atoms with van der Waals surface area (Å²) in [4.78, 5) is 0. The van der Waals surface area contributed by atoms with Crippen LogP contribution in [0.1, 0.15) is 42.7 Å². The number of aryl methyl sites for hydroxylation is 2. The molecule has 1 aromatic carbocycles. The zero-order chi connectivity index (χ0) is 14.7. The van der Waals surface area contributed by atoms with E-state index >= 15 is 0 Å². The van der Waals surface area contributed by atoms with E-state index in [-0.39, 0.29) is 6.10 Å². The van der Waals surface area contributed by atoms with Gasteiger partial charge in [0.2, 0.25) is 0 Å². The van der Waals surface area contributed by atoms with Gasteiger partial charge in [-0.3, -0.25) is 4.68 Å². The van der Waals surface area contributed by atoms with Gasteiger partial charge in [-0.2, -0.15) is 5.10 Å². The summed E-state index contributed by atoms with van der Waals surface area (Å²) < 4.78 is 1.85. The third-order valence-electron chi connectivity index (χ3n) is 4.78. The predicted molar refractivity (Wildman–Crippen MR) is 84.1 cm³/mol. The van der Waals surface area contributed by atoms with Crippen LogP contribution in [-0.4, -0.2) is 21.0 Å². The smallest absolute Gasteiger partial charge is 0.0568 e. The van der Waals surface area contributed by atoms with Crippen LogP contribution in [-0.2, 0) is 13.5 Å². The van der Waals surface area contributed by atoms with Gasteiger partial charge >= 0.3 is 0 Å². The number of hydrogen-bond donors (Lipinski definition) is 1. The van der Waals surface area contributed by atoms with Crippen LogP contribution < -0.4 is 0 Å². The topological polar surface area (TPSA) is 38.0 Å². The van der Waals surface area contributed by atoms with Gasteiger partial charge < -0.3 is 5.11 Å². The van der Waals surface area contributed by atoms with E-state index in [1.165, 1.54) is 11.1 Å². The second kappa shape index (κ2) is 6.44. The first-order valence-electron chi connectivity index (χ1n) is 7.93. The molecule has 0 spiro atoms. The lowest BCUT2D eigenvalue weighted by atomic mass is 9.74. The zero-order valence-corrected chi connectivity index (χ0v) is 12.7. The van der Waals surface area contributed by atoms with Crippen LogP contribution in [0.25, 0.3) is 0 Å². The van der Waals surface area contributed by atoms with Crippen LogP contribution in [0.3, 0.4) is 0 Å². The standard InChI is InChI=1S/C18H24N2O/c1-20-13-14(12-19-20)7-8-17-11-16(9-10-18(17)21)15-5-3-2-4-6-15/h2-6,12-13,16-18,21H,7-11H2,1H3. The third kappa shape index (κ3) is 3.53. The minimum Gasteiger partial charge on any atom is -0.393 e. The second-order valence-corrected chi connectivity index (χ2v) is 6.31. The van der Waals surface area contributed by atoms with Crippen molar-refractivity contribution in [1.29, 1.82) is 0 Å². The molecule has 3 atom stereocenters. The van der Waals surface area contributed by atoms with E-state index in [0.717, 1.165) is 32.1 Å². The van der Waals surface area contributed by atoms with Gasteiger partial charge in [0.25, 0.3) is 0 Å². The molecule has 2 aromatic rings. The van der Waals surface area contributed by atoms with Gasteiger partial charge in [0.05, 0.1) is 12.3 Å². The summed E-state index contributed by atoms with van der Waals surface area (Å²) in [7, 11) is 1.95. The highest BCUT2D eigenvalue weighted by Gasteiger charge is 2.29. The number of nitrogens with zero attached hydrogens (tertiary/aromatic N) is 2. The van der Waals surface area contributed by atoms with Crippen molar-refractivity contribution in [2.45, 2.75) is 44.1 Å². The first-order chi connectivity index (χ1) is 10.2. The van der Waals surface area contributed by atoms with Gasteiger partial charge in [0.15, 0.2) is 0 Å². The fraction of sp³-hybridized carbons (Fsp3) is 0.500. The maximum Gasteiger partial charge on any atom is 0.0568 e. The van der Waals surface area contributed by atoms with Gasteiger partial charge in [-0.15, -0.1) is 0 Å². The first kappa shape index (κ1) is 14.3. The van der Waals surface area contributed by atoms with E-state index in [1.807, 2.05) is 17.9 Å². The van der Waals surface area contributed by atoms with Crippen molar-refractivity contribution >= 4 is 0 Å². The Balaban J connectivity index is 1.61. The number of rotatable bonds is 4. The fourth-order valence-corrected chi connectivity index (χ4v) is 3.54. The Bertz CT molecular complexity index is 564. The molecule has 3 nitrogen and oxygen atoms in total. The molecule has 1 N–H and O–H groups in total. The number of aliphatic hydroxyl groups is 1. The lowest BCUT2D eigenvalue weighted by Gasteiger charge is -2.33. The minimum atomic E-state index is -0.137. The third-order valence-corrected chi connectivity index (χ3v) is 4.78. The number of benzene rings is 1. The van der Waals surface area contributed by atoms with E-state index < -0.39 is 0 Å². The molecule has 0 amide bonds. The van der Waals surface area contributed by atoms with Crippen molar-refractivity contribution in [3.8, 4) is 0 Å². The molecule has 1 aliphatic carbocycles. The summed E-state index contributed by atoms with van der Waals surface area (Å²) in [5, 5.41) is 14.5. The maximum absolute atomic E-state index is 10.3. The van der Waals surface area contributed by atoms with Crippen molar-refractivity contribution < 1.29 is 5.11 Å². The van der Waals surface area contributed by atoms with Crippen LogP contribution in [0.15, 0.2) is 42.7 Å². The van der Waals surface area contributed by atoms with Gasteiger partial charge in [-0.05, 0) is 55.1 Å². The average molecular weight is 284 g/mol. The Hall–Kier alpha value is -1.61. The second-order valence-electron chi connectivity index (χ2n) is 6.31. The number of aromatic nitrogens is 2. The van der Waals surface area contributed by atoms with Crippen molar-refractivity contribution in [1.82, 2.24) is 9.78 Å². The molecular formula is C18H24N2O. The Labute approximate surface area is 126 Å². The molecule has 1 fully saturated rings. The van der Waals surface area contributed by atoms with Crippen molar-refractivity contribution in [3.63, 3.8) is 0 Å². The van der Waals surface area contributed by atoms with Crippen LogP contribution in [0, 0.1) is 5.92 Å². The molecule has 1 aromatic heterocycles. The average Bonchev–Trinajstić information content (AvgIpc) is 2.93. The molecule has 3 rings (SSSR count). The highest BCUT2D eigenvalue weighted by Crippen LogP contribution is 2.38. The molecule has 3 heteroatoms. The highest BCUT2D eigenvalue weighted by atomic mass is 16.3. The summed E-state index contributed by atoms with van der Waals surface area (Å²) >= 11 is 0. The summed E-state index contributed by atoms with van der Waals surface area (Å²) in [6.07, 6.45) is 9.07. The SMILES string of the molecule is Cn1cc(CCC2CC(c3ccccc3)CCC2O)cn1. The minimum absolute atomic E-state index is 0.137. The van der Waals surface area contributed by atoms with Crippen molar-refractivity contribution in [2.24, 2.45) is 13.0 Å². The van der Waals surface area contributed by atoms with Crippen molar-refractivity contribution in [2.75, 3.05) is 0 Å². The highest BCUT2D eigenvalue weighted by molar-refractivity contribution is 5.20. The zero-order valence-electron chi connectivity index (χ0n) is 12.7. The Morgan fingerprint density at radius 1 is 1.24 bits per heavy atom. The molecule has 0 bridgehead atoms. The Morgan fingerprint density at radius 2 is 2.05 bits per heavy atom. The van der Waals surface area contributed by atoms with E-state index in [1.54, 1.807) is 0 Å². The first-order valence-corrected chi connectivity index (χ1v) is 7.93.